The van der Waals surface area contributed by atoms with Gasteiger partial charge in [-0.2, -0.15) is 5.48 Å². The van der Waals surface area contributed by atoms with Crippen molar-refractivity contribution in [1.82, 2.24) is 15.7 Å². The number of aryl methyl sites for hydroxylation is 1. The number of nitrogens with zero attached hydrogens (tertiary/aromatic N) is 1. The van der Waals surface area contributed by atoms with E-state index in [0.717, 1.165) is 24.0 Å². The Morgan fingerprint density at radius 1 is 1.08 bits per heavy atom. The van der Waals surface area contributed by atoms with Crippen LogP contribution in [0.5, 0.6) is 0 Å². The van der Waals surface area contributed by atoms with E-state index in [2.05, 4.69) is 42.0 Å². The topological polar surface area (TPSA) is 64.6 Å². The first kappa shape index (κ1) is 20.1. The number of carbonyl (C=O) groups is 1. The number of nitrogens with one attached hydrogen (secondary N) is 2. The molecule has 0 aliphatic rings. The van der Waals surface area contributed by atoms with E-state index < -0.39 is 6.17 Å². The van der Waals surface area contributed by atoms with E-state index in [1.54, 1.807) is 19.0 Å². The fraction of sp³-hybridized carbons (Fsp3) is 0.381. The van der Waals surface area contributed by atoms with Gasteiger partial charge in [-0.15, -0.1) is 0 Å². The van der Waals surface area contributed by atoms with Crippen LogP contribution in [-0.4, -0.2) is 42.3 Å². The Bertz CT molecular complexity index is 694. The molecule has 2 unspecified atom stereocenters. The van der Waals surface area contributed by atoms with Gasteiger partial charge in [-0.25, -0.2) is 0 Å². The summed E-state index contributed by atoms with van der Waals surface area (Å²) in [5.74, 6) is -0.0853. The first-order valence-electron chi connectivity index (χ1n) is 9.05. The lowest BCUT2D eigenvalue weighted by Crippen LogP contribution is -2.54. The number of likely N-dealkylation sites (N-methyl/N-ethyl adjacent to an activating group) is 2. The number of hydrogen-bond acceptors (Lipinski definition) is 4. The molecule has 0 heterocycles. The van der Waals surface area contributed by atoms with Crippen LogP contribution >= 0.6 is 0 Å². The van der Waals surface area contributed by atoms with Crippen LogP contribution in [0.1, 0.15) is 36.2 Å². The van der Waals surface area contributed by atoms with E-state index in [1.165, 1.54) is 5.56 Å². The van der Waals surface area contributed by atoms with Gasteiger partial charge < -0.3 is 15.4 Å². The van der Waals surface area contributed by atoms with Crippen molar-refractivity contribution in [2.75, 3.05) is 14.1 Å². The molecule has 0 spiro atoms. The summed E-state index contributed by atoms with van der Waals surface area (Å²) in [6.07, 6.45) is 1.83. The van der Waals surface area contributed by atoms with Crippen molar-refractivity contribution in [3.05, 3.63) is 59.7 Å². The number of benzene rings is 2. The van der Waals surface area contributed by atoms with Gasteiger partial charge >= 0.3 is 0 Å². The van der Waals surface area contributed by atoms with Crippen molar-refractivity contribution < 1.29 is 10.0 Å². The lowest BCUT2D eigenvalue weighted by atomic mass is 10.0. The minimum absolute atomic E-state index is 0.0853. The molecule has 5 nitrogen and oxygen atoms in total. The zero-order valence-electron chi connectivity index (χ0n) is 16.0. The molecular formula is C21H29N3O2. The normalized spacial score (nSPS) is 13.3. The zero-order chi connectivity index (χ0) is 19.1. The van der Waals surface area contributed by atoms with E-state index in [0.29, 0.717) is 5.56 Å². The van der Waals surface area contributed by atoms with Gasteiger partial charge in [0.2, 0.25) is 0 Å². The Hall–Kier alpha value is -2.21. The molecule has 2 atom stereocenters. The molecule has 0 saturated heterocycles. The summed E-state index contributed by atoms with van der Waals surface area (Å²) >= 11 is 0. The van der Waals surface area contributed by atoms with Crippen LogP contribution in [-0.2, 0) is 6.42 Å². The monoisotopic (exact) mass is 355 g/mol. The van der Waals surface area contributed by atoms with Crippen LogP contribution in [0.4, 0.5) is 0 Å². The van der Waals surface area contributed by atoms with Gasteiger partial charge in [-0.1, -0.05) is 49.7 Å². The molecule has 1 amide bonds. The highest BCUT2D eigenvalue weighted by atomic mass is 16.5. The molecule has 5 heteroatoms. The number of carbonyl (C=O) groups excluding carboxylic acids is 1. The third-order valence-electron chi connectivity index (χ3n) is 4.82. The average molecular weight is 355 g/mol. The van der Waals surface area contributed by atoms with E-state index in [1.807, 2.05) is 31.2 Å². The van der Waals surface area contributed by atoms with Crippen molar-refractivity contribution in [1.29, 1.82) is 0 Å². The molecule has 26 heavy (non-hydrogen) atoms. The molecule has 2 aromatic carbocycles. The third-order valence-corrected chi connectivity index (χ3v) is 4.82. The van der Waals surface area contributed by atoms with Gasteiger partial charge in [0.15, 0.2) is 0 Å². The molecule has 0 aliphatic carbocycles. The summed E-state index contributed by atoms with van der Waals surface area (Å²) in [4.78, 5) is 14.3. The number of amides is 1. The third kappa shape index (κ3) is 4.69. The van der Waals surface area contributed by atoms with Gasteiger partial charge in [0, 0.05) is 12.6 Å². The second kappa shape index (κ2) is 9.48. The molecule has 0 aromatic heterocycles. The maximum absolute atomic E-state index is 12.7. The summed E-state index contributed by atoms with van der Waals surface area (Å²) in [7, 11) is 3.46. The summed E-state index contributed by atoms with van der Waals surface area (Å²) in [5, 5.41) is 12.1. The van der Waals surface area contributed by atoms with Crippen molar-refractivity contribution in [2.45, 2.75) is 38.9 Å². The highest BCUT2D eigenvalue weighted by Gasteiger charge is 2.23. The van der Waals surface area contributed by atoms with Crippen LogP contribution in [0.2, 0.25) is 0 Å². The van der Waals surface area contributed by atoms with Crippen LogP contribution in [0, 0.1) is 0 Å². The smallest absolute Gasteiger partial charge is 0.253 e. The van der Waals surface area contributed by atoms with Crippen LogP contribution < -0.4 is 10.8 Å². The van der Waals surface area contributed by atoms with Gasteiger partial charge in [-0.3, -0.25) is 4.79 Å². The number of hydrogen-bond donors (Lipinski definition) is 3. The van der Waals surface area contributed by atoms with Crippen molar-refractivity contribution in [3.63, 3.8) is 0 Å². The van der Waals surface area contributed by atoms with Gasteiger partial charge in [0.25, 0.3) is 5.91 Å². The van der Waals surface area contributed by atoms with Gasteiger partial charge in [0.1, 0.15) is 6.17 Å². The first-order chi connectivity index (χ1) is 12.5. The standard InChI is InChI=1S/C21H29N3O2/c1-5-6-16-7-9-17(10-8-16)18-11-13-19(14-12-18)21(25)24(4)15(2)20(22-3)23-26/h7-15,20,22-23,26H,5-6H2,1-4H3. The maximum atomic E-state index is 12.7. The summed E-state index contributed by atoms with van der Waals surface area (Å²) < 4.78 is 0. The Morgan fingerprint density at radius 3 is 2.08 bits per heavy atom. The highest BCUT2D eigenvalue weighted by Crippen LogP contribution is 2.21. The fourth-order valence-corrected chi connectivity index (χ4v) is 2.98. The average Bonchev–Trinajstić information content (AvgIpc) is 2.68. The predicted molar refractivity (Wildman–Crippen MR) is 105 cm³/mol. The van der Waals surface area contributed by atoms with Gasteiger partial charge in [-0.05, 0) is 49.2 Å². The van der Waals surface area contributed by atoms with E-state index in [9.17, 15) is 4.79 Å². The quantitative estimate of drug-likeness (QED) is 0.502. The van der Waals surface area contributed by atoms with Crippen LogP contribution in [0.15, 0.2) is 48.5 Å². The SMILES string of the molecule is CCCc1ccc(-c2ccc(C(=O)N(C)C(C)C(NC)NO)cc2)cc1. The highest BCUT2D eigenvalue weighted by molar-refractivity contribution is 5.94. The largest absolute Gasteiger partial charge is 0.336 e. The predicted octanol–water partition coefficient (Wildman–Crippen LogP) is 3.29. The Labute approximate surface area is 156 Å². The van der Waals surface area contributed by atoms with Crippen LogP contribution in [0.25, 0.3) is 11.1 Å². The lowest BCUT2D eigenvalue weighted by molar-refractivity contribution is 0.0493. The Balaban J connectivity index is 2.11. The molecule has 2 rings (SSSR count). The van der Waals surface area contributed by atoms with Crippen LogP contribution in [0.3, 0.4) is 0 Å². The second-order valence-corrected chi connectivity index (χ2v) is 6.58. The van der Waals surface area contributed by atoms with Crippen molar-refractivity contribution >= 4 is 5.91 Å². The van der Waals surface area contributed by atoms with Gasteiger partial charge in [0.05, 0.1) is 6.04 Å². The molecule has 0 radical (unpaired) electrons. The van der Waals surface area contributed by atoms with Crippen molar-refractivity contribution in [3.8, 4) is 11.1 Å². The Morgan fingerprint density at radius 2 is 1.62 bits per heavy atom. The summed E-state index contributed by atoms with van der Waals surface area (Å²) in [6.45, 7) is 4.05. The van der Waals surface area contributed by atoms with E-state index >= 15 is 0 Å². The fourth-order valence-electron chi connectivity index (χ4n) is 2.98. The molecule has 2 aromatic rings. The summed E-state index contributed by atoms with van der Waals surface area (Å²) in [6, 6.07) is 16.0. The number of hydroxylamine groups is 1. The molecule has 0 fully saturated rings. The Kier molecular flexibility index (Phi) is 7.33. The lowest BCUT2D eigenvalue weighted by Gasteiger charge is -2.31. The van der Waals surface area contributed by atoms with Crippen molar-refractivity contribution in [2.24, 2.45) is 0 Å². The molecule has 0 aliphatic heterocycles. The minimum Gasteiger partial charge on any atom is -0.336 e. The molecule has 0 saturated carbocycles. The molecule has 3 N–H and O–H groups in total. The molecule has 0 bridgehead atoms. The van der Waals surface area contributed by atoms with E-state index in [4.69, 9.17) is 5.21 Å². The zero-order valence-corrected chi connectivity index (χ0v) is 16.0. The summed E-state index contributed by atoms with van der Waals surface area (Å²) in [5.41, 5.74) is 6.38. The van der Waals surface area contributed by atoms with E-state index in [-0.39, 0.29) is 11.9 Å². The maximum Gasteiger partial charge on any atom is 0.253 e. The second-order valence-electron chi connectivity index (χ2n) is 6.58. The number of rotatable bonds is 8. The molecular weight excluding hydrogens is 326 g/mol. The minimum atomic E-state index is -0.398. The molecule has 140 valence electrons. The first-order valence-corrected chi connectivity index (χ1v) is 9.05.